The zero-order valence-corrected chi connectivity index (χ0v) is 15.1. The minimum atomic E-state index is -0.0513. The summed E-state index contributed by atoms with van der Waals surface area (Å²) in [5, 5.41) is 3.43. The van der Waals surface area contributed by atoms with Crippen LogP contribution >= 0.6 is 27.3 Å². The minimum Gasteiger partial charge on any atom is -0.365 e. The van der Waals surface area contributed by atoms with Gasteiger partial charge in [-0.25, -0.2) is 9.97 Å². The van der Waals surface area contributed by atoms with Crippen molar-refractivity contribution >= 4 is 33.1 Å². The van der Waals surface area contributed by atoms with Crippen LogP contribution in [-0.4, -0.2) is 9.97 Å². The van der Waals surface area contributed by atoms with Gasteiger partial charge in [-0.1, -0.05) is 20.8 Å². The highest BCUT2D eigenvalue weighted by atomic mass is 79.9. The van der Waals surface area contributed by atoms with Crippen LogP contribution in [0.2, 0.25) is 0 Å². The van der Waals surface area contributed by atoms with E-state index in [1.165, 1.54) is 24.1 Å². The quantitative estimate of drug-likeness (QED) is 0.801. The fourth-order valence-corrected chi connectivity index (χ4v) is 4.08. The van der Waals surface area contributed by atoms with E-state index in [-0.39, 0.29) is 5.41 Å². The van der Waals surface area contributed by atoms with Crippen molar-refractivity contribution in [2.45, 2.75) is 52.0 Å². The van der Waals surface area contributed by atoms with Crippen molar-refractivity contribution in [2.75, 3.05) is 5.32 Å². The number of thiophene rings is 1. The van der Waals surface area contributed by atoms with Crippen molar-refractivity contribution in [1.82, 2.24) is 9.97 Å². The molecule has 0 unspecified atom stereocenters. The molecule has 112 valence electrons. The van der Waals surface area contributed by atoms with E-state index < -0.39 is 0 Å². The molecule has 1 N–H and O–H groups in total. The smallest absolute Gasteiger partial charge is 0.137 e. The van der Waals surface area contributed by atoms with Gasteiger partial charge in [-0.05, 0) is 46.8 Å². The maximum absolute atomic E-state index is 4.64. The summed E-state index contributed by atoms with van der Waals surface area (Å²) in [4.78, 5) is 12.1. The van der Waals surface area contributed by atoms with Gasteiger partial charge in [0.2, 0.25) is 0 Å². The normalized spacial score (nSPS) is 14.3. The minimum absolute atomic E-state index is 0.0513. The van der Waals surface area contributed by atoms with Crippen LogP contribution in [0, 0.1) is 0 Å². The number of hydrogen-bond acceptors (Lipinski definition) is 4. The van der Waals surface area contributed by atoms with Gasteiger partial charge in [0.25, 0.3) is 0 Å². The summed E-state index contributed by atoms with van der Waals surface area (Å²) in [5.41, 5.74) is 1.50. The van der Waals surface area contributed by atoms with Crippen LogP contribution in [-0.2, 0) is 24.8 Å². The summed E-state index contributed by atoms with van der Waals surface area (Å²) in [6, 6.07) is 4.29. The maximum atomic E-state index is 4.64. The topological polar surface area (TPSA) is 37.8 Å². The van der Waals surface area contributed by atoms with E-state index in [0.717, 1.165) is 22.8 Å². The van der Waals surface area contributed by atoms with Gasteiger partial charge in [-0.3, -0.25) is 0 Å². The van der Waals surface area contributed by atoms with Crippen molar-refractivity contribution in [1.29, 1.82) is 0 Å². The summed E-state index contributed by atoms with van der Waals surface area (Å²) in [6.07, 6.45) is 3.83. The van der Waals surface area contributed by atoms with Gasteiger partial charge in [0, 0.05) is 21.2 Å². The molecule has 21 heavy (non-hydrogen) atoms. The summed E-state index contributed by atoms with van der Waals surface area (Å²) in [7, 11) is 0. The predicted molar refractivity (Wildman–Crippen MR) is 92.1 cm³/mol. The van der Waals surface area contributed by atoms with Crippen molar-refractivity contribution < 1.29 is 0 Å². The van der Waals surface area contributed by atoms with Crippen molar-refractivity contribution in [3.63, 3.8) is 0 Å². The van der Waals surface area contributed by atoms with Gasteiger partial charge in [0.15, 0.2) is 0 Å². The zero-order chi connectivity index (χ0) is 15.0. The van der Waals surface area contributed by atoms with E-state index in [1.807, 2.05) is 17.4 Å². The van der Waals surface area contributed by atoms with Gasteiger partial charge >= 0.3 is 0 Å². The number of anilines is 1. The molecule has 0 atom stereocenters. The third kappa shape index (κ3) is 3.46. The van der Waals surface area contributed by atoms with Gasteiger partial charge in [-0.2, -0.15) is 0 Å². The number of halogens is 1. The van der Waals surface area contributed by atoms with E-state index in [4.69, 9.17) is 0 Å². The molecule has 3 nitrogen and oxygen atoms in total. The molecule has 2 aromatic heterocycles. The average molecular weight is 366 g/mol. The van der Waals surface area contributed by atoms with Gasteiger partial charge in [0.1, 0.15) is 16.2 Å². The second-order valence-corrected chi connectivity index (χ2v) is 8.55. The third-order valence-corrected chi connectivity index (χ3v) is 5.25. The molecule has 3 rings (SSSR count). The molecule has 0 radical (unpaired) electrons. The van der Waals surface area contributed by atoms with Crippen LogP contribution in [0.25, 0.3) is 0 Å². The molecule has 2 heterocycles. The molecule has 0 amide bonds. The maximum Gasteiger partial charge on any atom is 0.137 e. The van der Waals surface area contributed by atoms with Gasteiger partial charge in [0.05, 0.1) is 6.54 Å². The van der Waals surface area contributed by atoms with Crippen LogP contribution < -0.4 is 5.32 Å². The Bertz CT molecular complexity index is 637. The Balaban J connectivity index is 1.74. The highest BCUT2D eigenvalue weighted by Crippen LogP contribution is 2.31. The summed E-state index contributed by atoms with van der Waals surface area (Å²) < 4.78 is 0.832. The standard InChI is InChI=1S/C16H20BrN3S/c1-16(2,3)15-19-13(17)8-14(20-15)18-9-11-7-10-5-4-6-12(10)21-11/h7-8H,4-6,9H2,1-3H3,(H,18,19,20). The Morgan fingerprint density at radius 1 is 1.24 bits per heavy atom. The lowest BCUT2D eigenvalue weighted by atomic mass is 9.96. The van der Waals surface area contributed by atoms with Crippen LogP contribution in [0.5, 0.6) is 0 Å². The molecule has 0 bridgehead atoms. The van der Waals surface area contributed by atoms with Crippen molar-refractivity contribution in [2.24, 2.45) is 0 Å². The Morgan fingerprint density at radius 2 is 2.05 bits per heavy atom. The van der Waals surface area contributed by atoms with Crippen molar-refractivity contribution in [3.8, 4) is 0 Å². The molecule has 0 fully saturated rings. The molecule has 0 spiro atoms. The molecule has 5 heteroatoms. The molecule has 0 saturated heterocycles. The molecular weight excluding hydrogens is 346 g/mol. The predicted octanol–water partition coefficient (Wildman–Crippen LogP) is 4.70. The average Bonchev–Trinajstić information content (AvgIpc) is 2.95. The molecule has 0 aliphatic heterocycles. The first-order valence-corrected chi connectivity index (χ1v) is 8.92. The summed E-state index contributed by atoms with van der Waals surface area (Å²) in [6.45, 7) is 7.22. The first kappa shape index (κ1) is 15.0. The van der Waals surface area contributed by atoms with Crippen LogP contribution in [0.3, 0.4) is 0 Å². The third-order valence-electron chi connectivity index (χ3n) is 3.61. The lowest BCUT2D eigenvalue weighted by Crippen LogP contribution is -2.17. The molecule has 1 aliphatic rings. The number of aryl methyl sites for hydroxylation is 2. The van der Waals surface area contributed by atoms with E-state index >= 15 is 0 Å². The first-order chi connectivity index (χ1) is 9.91. The lowest BCUT2D eigenvalue weighted by Gasteiger charge is -2.17. The fourth-order valence-electron chi connectivity index (χ4n) is 2.50. The van der Waals surface area contributed by atoms with Crippen LogP contribution in [0.4, 0.5) is 5.82 Å². The highest BCUT2D eigenvalue weighted by Gasteiger charge is 2.19. The molecular formula is C16H20BrN3S. The number of hydrogen-bond donors (Lipinski definition) is 1. The Kier molecular flexibility index (Phi) is 4.06. The number of fused-ring (bicyclic) bond motifs is 1. The number of nitrogens with one attached hydrogen (secondary N) is 1. The summed E-state index contributed by atoms with van der Waals surface area (Å²) in [5.74, 6) is 1.74. The number of rotatable bonds is 3. The largest absolute Gasteiger partial charge is 0.365 e. The Labute approximate surface area is 138 Å². The van der Waals surface area contributed by atoms with Gasteiger partial charge in [-0.15, -0.1) is 11.3 Å². The lowest BCUT2D eigenvalue weighted by molar-refractivity contribution is 0.544. The second kappa shape index (κ2) is 5.69. The molecule has 0 aromatic carbocycles. The van der Waals surface area contributed by atoms with E-state index in [0.29, 0.717) is 0 Å². The zero-order valence-electron chi connectivity index (χ0n) is 12.7. The number of nitrogens with zero attached hydrogens (tertiary/aromatic N) is 2. The SMILES string of the molecule is CC(C)(C)c1nc(Br)cc(NCc2cc3c(s2)CCC3)n1. The van der Waals surface area contributed by atoms with Crippen LogP contribution in [0.1, 0.15) is 48.3 Å². The monoisotopic (exact) mass is 365 g/mol. The van der Waals surface area contributed by atoms with Gasteiger partial charge < -0.3 is 5.32 Å². The van der Waals surface area contributed by atoms with E-state index in [9.17, 15) is 0 Å². The van der Waals surface area contributed by atoms with E-state index in [2.05, 4.69) is 58.1 Å². The van der Waals surface area contributed by atoms with E-state index in [1.54, 1.807) is 10.4 Å². The second-order valence-electron chi connectivity index (χ2n) is 6.52. The highest BCUT2D eigenvalue weighted by molar-refractivity contribution is 9.10. The fraction of sp³-hybridized carbons (Fsp3) is 0.500. The molecule has 0 saturated carbocycles. The molecule has 2 aromatic rings. The molecule has 1 aliphatic carbocycles. The Hall–Kier alpha value is -0.940. The number of aromatic nitrogens is 2. The van der Waals surface area contributed by atoms with Crippen molar-refractivity contribution in [3.05, 3.63) is 37.9 Å². The van der Waals surface area contributed by atoms with Crippen LogP contribution in [0.15, 0.2) is 16.7 Å². The first-order valence-electron chi connectivity index (χ1n) is 7.31. The Morgan fingerprint density at radius 3 is 2.76 bits per heavy atom. The summed E-state index contributed by atoms with van der Waals surface area (Å²) >= 11 is 5.42.